The average Bonchev–Trinajstić information content (AvgIpc) is 2.37. The molecule has 2 rings (SSSR count). The number of rotatable bonds is 3. The lowest BCUT2D eigenvalue weighted by Crippen LogP contribution is -2.43. The molecule has 0 aliphatic carbocycles. The van der Waals surface area contributed by atoms with E-state index >= 15 is 0 Å². The van der Waals surface area contributed by atoms with Crippen LogP contribution in [0.5, 0.6) is 0 Å². The minimum absolute atomic E-state index is 0.283. The van der Waals surface area contributed by atoms with E-state index in [0.717, 1.165) is 18.4 Å². The molecule has 5 heteroatoms. The van der Waals surface area contributed by atoms with Crippen molar-refractivity contribution in [2.24, 2.45) is 5.92 Å². The average molecular weight is 302 g/mol. The molecule has 0 spiro atoms. The molecule has 0 bridgehead atoms. The first-order valence-electron chi connectivity index (χ1n) is 6.38. The highest BCUT2D eigenvalue weighted by Crippen LogP contribution is 2.29. The van der Waals surface area contributed by atoms with Crippen molar-refractivity contribution in [2.45, 2.75) is 32.4 Å². The zero-order valence-electron chi connectivity index (χ0n) is 10.8. The lowest BCUT2D eigenvalue weighted by Gasteiger charge is -2.36. The maximum atomic E-state index is 11.1. The van der Waals surface area contributed by atoms with E-state index in [1.54, 1.807) is 6.07 Å². The Bertz CT molecular complexity index is 479. The summed E-state index contributed by atoms with van der Waals surface area (Å²) in [7, 11) is 0. The van der Waals surface area contributed by atoms with Gasteiger partial charge in [-0.1, -0.05) is 35.3 Å². The highest BCUT2D eigenvalue weighted by atomic mass is 35.5. The molecular formula is C14H17Cl2NO2. The Morgan fingerprint density at radius 2 is 2.16 bits per heavy atom. The summed E-state index contributed by atoms with van der Waals surface area (Å²) in [6.07, 6.45) is 1.64. The minimum Gasteiger partial charge on any atom is -0.481 e. The van der Waals surface area contributed by atoms with Crippen LogP contribution in [0.25, 0.3) is 0 Å². The number of carbonyl (C=O) groups is 1. The van der Waals surface area contributed by atoms with Gasteiger partial charge in [0.15, 0.2) is 0 Å². The first-order chi connectivity index (χ1) is 8.99. The molecule has 2 atom stereocenters. The van der Waals surface area contributed by atoms with Gasteiger partial charge in [0.05, 0.1) is 16.0 Å². The fourth-order valence-electron chi connectivity index (χ4n) is 2.49. The van der Waals surface area contributed by atoms with Crippen LogP contribution in [0, 0.1) is 5.92 Å². The molecule has 0 radical (unpaired) electrons. The van der Waals surface area contributed by atoms with Gasteiger partial charge in [-0.15, -0.1) is 0 Å². The molecule has 1 aliphatic rings. The van der Waals surface area contributed by atoms with Crippen molar-refractivity contribution in [3.63, 3.8) is 0 Å². The predicted octanol–water partition coefficient (Wildman–Crippen LogP) is 3.68. The minimum atomic E-state index is -0.714. The monoisotopic (exact) mass is 301 g/mol. The molecule has 1 saturated heterocycles. The number of piperidine rings is 1. The van der Waals surface area contributed by atoms with Gasteiger partial charge < -0.3 is 5.11 Å². The second-order valence-corrected chi connectivity index (χ2v) is 5.89. The predicted molar refractivity (Wildman–Crippen MR) is 76.7 cm³/mol. The van der Waals surface area contributed by atoms with Crippen LogP contribution in [0.15, 0.2) is 18.2 Å². The van der Waals surface area contributed by atoms with Gasteiger partial charge in [0.1, 0.15) is 0 Å². The van der Waals surface area contributed by atoms with E-state index in [1.807, 2.05) is 12.1 Å². The van der Waals surface area contributed by atoms with E-state index in [-0.39, 0.29) is 5.92 Å². The van der Waals surface area contributed by atoms with Crippen LogP contribution in [0.4, 0.5) is 0 Å². The fourth-order valence-corrected chi connectivity index (χ4v) is 2.87. The van der Waals surface area contributed by atoms with Crippen LogP contribution in [0.2, 0.25) is 10.0 Å². The Hall–Kier alpha value is -0.770. The van der Waals surface area contributed by atoms with Crippen LogP contribution in [-0.4, -0.2) is 28.6 Å². The van der Waals surface area contributed by atoms with E-state index < -0.39 is 5.97 Å². The smallest absolute Gasteiger partial charge is 0.307 e. The van der Waals surface area contributed by atoms with Crippen LogP contribution in [0.1, 0.15) is 25.3 Å². The Labute approximate surface area is 123 Å². The van der Waals surface area contributed by atoms with Gasteiger partial charge in [-0.2, -0.15) is 0 Å². The number of hydrogen-bond acceptors (Lipinski definition) is 2. The molecule has 19 heavy (non-hydrogen) atoms. The molecule has 1 aliphatic heterocycles. The molecule has 0 aromatic heterocycles. The molecule has 0 saturated carbocycles. The van der Waals surface area contributed by atoms with E-state index in [9.17, 15) is 4.79 Å². The Kier molecular flexibility index (Phi) is 4.71. The normalized spacial score (nSPS) is 24.4. The van der Waals surface area contributed by atoms with Crippen LogP contribution in [0.3, 0.4) is 0 Å². The summed E-state index contributed by atoms with van der Waals surface area (Å²) >= 11 is 12.2. The zero-order valence-corrected chi connectivity index (χ0v) is 12.3. The van der Waals surface area contributed by atoms with E-state index in [2.05, 4.69) is 11.8 Å². The third-order valence-electron chi connectivity index (χ3n) is 3.77. The topological polar surface area (TPSA) is 40.5 Å². The maximum absolute atomic E-state index is 11.1. The second-order valence-electron chi connectivity index (χ2n) is 5.10. The third-order valence-corrected chi connectivity index (χ3v) is 4.62. The molecule has 104 valence electrons. The summed E-state index contributed by atoms with van der Waals surface area (Å²) in [6.45, 7) is 3.33. The van der Waals surface area contributed by atoms with Crippen LogP contribution in [-0.2, 0) is 11.3 Å². The summed E-state index contributed by atoms with van der Waals surface area (Å²) in [5.41, 5.74) is 0.951. The molecule has 1 heterocycles. The zero-order chi connectivity index (χ0) is 14.0. The molecule has 1 aromatic carbocycles. The molecule has 1 N–H and O–H groups in total. The number of halogens is 2. The summed E-state index contributed by atoms with van der Waals surface area (Å²) in [6, 6.07) is 5.93. The Morgan fingerprint density at radius 3 is 2.84 bits per heavy atom. The highest BCUT2D eigenvalue weighted by molar-refractivity contribution is 6.42. The molecular weight excluding hydrogens is 285 g/mol. The molecule has 0 amide bonds. The maximum Gasteiger partial charge on any atom is 0.307 e. The van der Waals surface area contributed by atoms with Crippen molar-refractivity contribution < 1.29 is 9.90 Å². The lowest BCUT2D eigenvalue weighted by molar-refractivity contribution is -0.144. The van der Waals surface area contributed by atoms with Gasteiger partial charge in [-0.3, -0.25) is 9.69 Å². The van der Waals surface area contributed by atoms with Crippen molar-refractivity contribution in [1.29, 1.82) is 0 Å². The fraction of sp³-hybridized carbons (Fsp3) is 0.500. The van der Waals surface area contributed by atoms with Gasteiger partial charge in [0, 0.05) is 19.1 Å². The Balaban J connectivity index is 2.12. The Morgan fingerprint density at radius 1 is 1.42 bits per heavy atom. The molecule has 2 unspecified atom stereocenters. The number of benzene rings is 1. The number of nitrogens with zero attached hydrogens (tertiary/aromatic N) is 1. The van der Waals surface area contributed by atoms with Crippen molar-refractivity contribution in [3.05, 3.63) is 33.8 Å². The van der Waals surface area contributed by atoms with Gasteiger partial charge in [0.2, 0.25) is 0 Å². The first-order valence-corrected chi connectivity index (χ1v) is 7.14. The number of carboxylic acids is 1. The second kappa shape index (κ2) is 6.12. The van der Waals surface area contributed by atoms with Crippen molar-refractivity contribution >= 4 is 29.2 Å². The largest absolute Gasteiger partial charge is 0.481 e. The SMILES string of the molecule is CC1CCC(C(=O)O)CN1Cc1cccc(Cl)c1Cl. The lowest BCUT2D eigenvalue weighted by atomic mass is 9.93. The standard InChI is InChI=1S/C14H17Cl2NO2/c1-9-5-6-11(14(18)19)8-17(9)7-10-3-2-4-12(15)13(10)16/h2-4,9,11H,5-8H2,1H3,(H,18,19). The summed E-state index contributed by atoms with van der Waals surface area (Å²) < 4.78 is 0. The van der Waals surface area contributed by atoms with E-state index in [1.165, 1.54) is 0 Å². The number of carboxylic acid groups (broad SMARTS) is 1. The summed E-state index contributed by atoms with van der Waals surface area (Å²) in [4.78, 5) is 13.3. The van der Waals surface area contributed by atoms with Crippen LogP contribution < -0.4 is 0 Å². The van der Waals surface area contributed by atoms with Gasteiger partial charge in [-0.25, -0.2) is 0 Å². The number of aliphatic carboxylic acids is 1. The van der Waals surface area contributed by atoms with E-state index in [4.69, 9.17) is 28.3 Å². The van der Waals surface area contributed by atoms with Gasteiger partial charge in [-0.05, 0) is 31.4 Å². The number of hydrogen-bond donors (Lipinski definition) is 1. The quantitative estimate of drug-likeness (QED) is 0.926. The van der Waals surface area contributed by atoms with Crippen molar-refractivity contribution in [1.82, 2.24) is 4.90 Å². The van der Waals surface area contributed by atoms with Gasteiger partial charge in [0.25, 0.3) is 0 Å². The summed E-state index contributed by atoms with van der Waals surface area (Å²) in [5, 5.41) is 10.2. The highest BCUT2D eigenvalue weighted by Gasteiger charge is 2.29. The van der Waals surface area contributed by atoms with Crippen LogP contribution >= 0.6 is 23.2 Å². The van der Waals surface area contributed by atoms with E-state index in [0.29, 0.717) is 29.2 Å². The molecule has 1 aromatic rings. The first kappa shape index (κ1) is 14.6. The van der Waals surface area contributed by atoms with Gasteiger partial charge >= 0.3 is 5.97 Å². The molecule has 3 nitrogen and oxygen atoms in total. The van der Waals surface area contributed by atoms with Crippen molar-refractivity contribution in [2.75, 3.05) is 6.54 Å². The van der Waals surface area contributed by atoms with Crippen molar-refractivity contribution in [3.8, 4) is 0 Å². The molecule has 1 fully saturated rings. The number of likely N-dealkylation sites (tertiary alicyclic amines) is 1. The third kappa shape index (κ3) is 3.41. The summed E-state index contributed by atoms with van der Waals surface area (Å²) in [5.74, 6) is -0.997.